The van der Waals surface area contributed by atoms with Crippen molar-refractivity contribution in [2.24, 2.45) is 73.9 Å². The molecular formula is C36H56O3. The third-order valence-electron chi connectivity index (χ3n) is 16.4. The molecule has 0 aliphatic heterocycles. The Morgan fingerprint density at radius 1 is 0.692 bits per heavy atom. The predicted molar refractivity (Wildman–Crippen MR) is 157 cm³/mol. The molecule has 0 N–H and O–H groups in total. The van der Waals surface area contributed by atoms with Crippen molar-refractivity contribution in [2.75, 3.05) is 0 Å². The van der Waals surface area contributed by atoms with Crippen LogP contribution >= 0.6 is 0 Å². The molecule has 39 heavy (non-hydrogen) atoms. The summed E-state index contributed by atoms with van der Waals surface area (Å²) in [5, 5.41) is 0. The number of carbonyl (C=O) groups excluding carboxylic acids is 2. The summed E-state index contributed by atoms with van der Waals surface area (Å²) in [6, 6.07) is 0. The highest BCUT2D eigenvalue weighted by Gasteiger charge is 2.83. The Labute approximate surface area is 238 Å². The minimum absolute atomic E-state index is 0.0573. The molecule has 0 aromatic rings. The fourth-order valence-electron chi connectivity index (χ4n) is 13.6. The molecular weight excluding hydrogens is 480 g/mol. The first kappa shape index (κ1) is 28.0. The van der Waals surface area contributed by atoms with Gasteiger partial charge >= 0.3 is 5.97 Å². The average Bonchev–Trinajstić information content (AvgIpc) is 2.83. The van der Waals surface area contributed by atoms with E-state index in [-0.39, 0.29) is 33.4 Å². The van der Waals surface area contributed by atoms with E-state index in [9.17, 15) is 9.59 Å². The summed E-state index contributed by atoms with van der Waals surface area (Å²) in [4.78, 5) is 27.6. The van der Waals surface area contributed by atoms with Gasteiger partial charge < -0.3 is 4.74 Å². The summed E-state index contributed by atoms with van der Waals surface area (Å²) < 4.78 is 6.62. The van der Waals surface area contributed by atoms with Crippen molar-refractivity contribution in [1.29, 1.82) is 0 Å². The number of carbonyl (C=O) groups is 2. The van der Waals surface area contributed by atoms with E-state index in [1.807, 2.05) is 0 Å². The Kier molecular flexibility index (Phi) is 5.48. The van der Waals surface area contributed by atoms with Crippen LogP contribution in [-0.4, -0.2) is 17.4 Å². The van der Waals surface area contributed by atoms with Gasteiger partial charge in [0, 0.05) is 11.0 Å². The van der Waals surface area contributed by atoms with E-state index < -0.39 is 11.0 Å². The van der Waals surface area contributed by atoms with E-state index in [2.05, 4.69) is 68.9 Å². The predicted octanol–water partition coefficient (Wildman–Crippen LogP) is 8.66. The van der Waals surface area contributed by atoms with Crippen LogP contribution < -0.4 is 0 Å². The Morgan fingerprint density at radius 2 is 1.21 bits per heavy atom. The zero-order chi connectivity index (χ0) is 28.9. The molecule has 0 aromatic carbocycles. The maximum Gasteiger partial charge on any atom is 0.334 e. The van der Waals surface area contributed by atoms with Crippen LogP contribution in [0.25, 0.3) is 0 Å². The van der Waals surface area contributed by atoms with Gasteiger partial charge in [0.15, 0.2) is 11.4 Å². The topological polar surface area (TPSA) is 43.4 Å². The third-order valence-corrected chi connectivity index (χ3v) is 16.4. The van der Waals surface area contributed by atoms with Crippen LogP contribution in [0.15, 0.2) is 12.2 Å². The van der Waals surface area contributed by atoms with Crippen molar-refractivity contribution in [1.82, 2.24) is 0 Å². The number of rotatable bonds is 5. The molecule has 9 fully saturated rings. The smallest absolute Gasteiger partial charge is 0.334 e. The SMILES string of the molecule is C=C(C)C(=O)OC1(C(C)=O)CC2CC(C2(C)C)C1(C)C1(C)C2CC(CC1C1(C)CCC3CC1C3(C)C)C2(C)C. The Balaban J connectivity index is 1.59. The molecule has 9 saturated carbocycles. The second kappa shape index (κ2) is 7.63. The van der Waals surface area contributed by atoms with Crippen LogP contribution in [0, 0.1) is 73.9 Å². The van der Waals surface area contributed by atoms with E-state index >= 15 is 0 Å². The Bertz CT molecular complexity index is 1140. The molecule has 0 spiro atoms. The third kappa shape index (κ3) is 2.88. The summed E-state index contributed by atoms with van der Waals surface area (Å²) in [7, 11) is 0. The largest absolute Gasteiger partial charge is 0.447 e. The zero-order valence-electron chi connectivity index (χ0n) is 26.9. The van der Waals surface area contributed by atoms with Crippen LogP contribution in [0.3, 0.4) is 0 Å². The summed E-state index contributed by atoms with van der Waals surface area (Å²) in [6.45, 7) is 30.0. The van der Waals surface area contributed by atoms with E-state index in [1.54, 1.807) is 13.8 Å². The van der Waals surface area contributed by atoms with Gasteiger partial charge in [-0.25, -0.2) is 4.79 Å². The number of esters is 1. The van der Waals surface area contributed by atoms with Gasteiger partial charge in [-0.3, -0.25) is 4.79 Å². The molecule has 0 saturated heterocycles. The van der Waals surface area contributed by atoms with Crippen molar-refractivity contribution >= 4 is 11.8 Å². The molecule has 11 atom stereocenters. The first-order chi connectivity index (χ1) is 17.7. The summed E-state index contributed by atoms with van der Waals surface area (Å²) in [5.74, 6) is 3.80. The van der Waals surface area contributed by atoms with Crippen LogP contribution in [0.4, 0.5) is 0 Å². The lowest BCUT2D eigenvalue weighted by Gasteiger charge is -2.82. The van der Waals surface area contributed by atoms with Crippen LogP contribution in [0.1, 0.15) is 121 Å². The van der Waals surface area contributed by atoms with Crippen molar-refractivity contribution in [3.8, 4) is 0 Å². The van der Waals surface area contributed by atoms with Crippen LogP contribution in [0.5, 0.6) is 0 Å². The fraction of sp³-hybridized carbons (Fsp3) is 0.889. The molecule has 3 heteroatoms. The van der Waals surface area contributed by atoms with E-state index in [0.717, 1.165) is 24.2 Å². The molecule has 6 bridgehead atoms. The molecule has 9 aliphatic rings. The highest BCUT2D eigenvalue weighted by atomic mass is 16.6. The standard InChI is InChI=1S/C36H56O3/c1-20(2)29(38)39-36(21(3)37)19-24-18-27(32(24,8)9)35(36,12)34(11)26-16-23(31(26,6)7)17-28(34)33(10)14-13-22-15-25(33)30(22,4)5/h22-28H,1,13-19H2,2-12H3. The molecule has 0 amide bonds. The Morgan fingerprint density at radius 3 is 1.69 bits per heavy atom. The van der Waals surface area contributed by atoms with Crippen molar-refractivity contribution in [3.05, 3.63) is 12.2 Å². The van der Waals surface area contributed by atoms with E-state index in [4.69, 9.17) is 4.74 Å². The number of fused-ring (bicyclic) bond motifs is 8. The molecule has 0 aromatic heterocycles. The van der Waals surface area contributed by atoms with E-state index in [1.165, 1.54) is 32.1 Å². The van der Waals surface area contributed by atoms with Gasteiger partial charge in [-0.05, 0) is 127 Å². The maximum atomic E-state index is 14.2. The molecule has 0 radical (unpaired) electrons. The number of Topliss-reactive ketones (excluding diaryl/α,β-unsaturated/α-hetero) is 1. The summed E-state index contributed by atoms with van der Waals surface area (Å²) >= 11 is 0. The van der Waals surface area contributed by atoms with Crippen molar-refractivity contribution < 1.29 is 14.3 Å². The van der Waals surface area contributed by atoms with E-state index in [0.29, 0.717) is 41.1 Å². The Hall–Kier alpha value is -1.12. The number of hydrogen-bond acceptors (Lipinski definition) is 3. The van der Waals surface area contributed by atoms with Gasteiger partial charge in [-0.1, -0.05) is 68.9 Å². The van der Waals surface area contributed by atoms with Gasteiger partial charge in [0.25, 0.3) is 0 Å². The monoisotopic (exact) mass is 536 g/mol. The quantitative estimate of drug-likeness (QED) is 0.261. The molecule has 9 rings (SSSR count). The molecule has 11 unspecified atom stereocenters. The van der Waals surface area contributed by atoms with Gasteiger partial charge in [0.05, 0.1) is 0 Å². The fourth-order valence-corrected chi connectivity index (χ4v) is 13.6. The van der Waals surface area contributed by atoms with Gasteiger partial charge in [-0.15, -0.1) is 0 Å². The minimum Gasteiger partial charge on any atom is -0.447 e. The normalized spacial score (nSPS) is 53.4. The lowest BCUT2D eigenvalue weighted by Crippen LogP contribution is -2.81. The second-order valence-electron chi connectivity index (χ2n) is 18.0. The van der Waals surface area contributed by atoms with Gasteiger partial charge in [0.2, 0.25) is 0 Å². The lowest BCUT2D eigenvalue weighted by atomic mass is 9.22. The number of ether oxygens (including phenoxy) is 1. The summed E-state index contributed by atoms with van der Waals surface area (Å²) in [5.41, 5.74) is -0.252. The first-order valence-corrected chi connectivity index (χ1v) is 16.1. The van der Waals surface area contributed by atoms with Crippen molar-refractivity contribution in [2.45, 2.75) is 127 Å². The number of hydrogen-bond donors (Lipinski definition) is 0. The summed E-state index contributed by atoms with van der Waals surface area (Å²) in [6.07, 6.45) is 8.32. The van der Waals surface area contributed by atoms with Crippen LogP contribution in [-0.2, 0) is 14.3 Å². The highest BCUT2D eigenvalue weighted by molar-refractivity contribution is 5.94. The minimum atomic E-state index is -1.10. The molecule has 9 aliphatic carbocycles. The highest BCUT2D eigenvalue weighted by Crippen LogP contribution is 2.85. The first-order valence-electron chi connectivity index (χ1n) is 16.1. The van der Waals surface area contributed by atoms with Crippen molar-refractivity contribution in [3.63, 3.8) is 0 Å². The molecule has 3 nitrogen and oxygen atoms in total. The van der Waals surface area contributed by atoms with Gasteiger partial charge in [0.1, 0.15) is 0 Å². The molecule has 218 valence electrons. The average molecular weight is 537 g/mol. The number of ketones is 1. The second-order valence-corrected chi connectivity index (χ2v) is 18.0. The zero-order valence-corrected chi connectivity index (χ0v) is 26.9. The maximum absolute atomic E-state index is 14.2. The van der Waals surface area contributed by atoms with Gasteiger partial charge in [-0.2, -0.15) is 0 Å². The molecule has 0 heterocycles. The van der Waals surface area contributed by atoms with Crippen LogP contribution in [0.2, 0.25) is 0 Å². The lowest BCUT2D eigenvalue weighted by molar-refractivity contribution is -0.361.